The van der Waals surface area contributed by atoms with Crippen LogP contribution in [0.1, 0.15) is 52.4 Å². The fraction of sp³-hybridized carbons (Fsp3) is 0.786. The van der Waals surface area contributed by atoms with Gasteiger partial charge in [-0.3, -0.25) is 0 Å². The number of unbranched alkanes of at least 4 members (excludes halogenated alkanes) is 3. The maximum atomic E-state index is 10.6. The summed E-state index contributed by atoms with van der Waals surface area (Å²) in [4.78, 5) is 10.6. The van der Waals surface area contributed by atoms with Crippen LogP contribution < -0.4 is 0 Å². The largest absolute Gasteiger partial charge is 0.478 e. The van der Waals surface area contributed by atoms with Gasteiger partial charge in [0.25, 0.3) is 0 Å². The second-order valence-electron chi connectivity index (χ2n) is 5.14. The van der Waals surface area contributed by atoms with Crippen LogP contribution in [0.15, 0.2) is 11.6 Å². The van der Waals surface area contributed by atoms with Crippen LogP contribution in [0.4, 0.5) is 0 Å². The molecule has 3 nitrogen and oxygen atoms in total. The van der Waals surface area contributed by atoms with Crippen LogP contribution in [0, 0.1) is 5.41 Å². The Morgan fingerprint density at radius 1 is 1.35 bits per heavy atom. The van der Waals surface area contributed by atoms with Crippen LogP contribution in [0.5, 0.6) is 0 Å². The third-order valence-electron chi connectivity index (χ3n) is 3.77. The maximum absolute atomic E-state index is 10.6. The summed E-state index contributed by atoms with van der Waals surface area (Å²) in [6, 6.07) is 0. The molecule has 1 aliphatic rings. The number of hydrogen-bond acceptors (Lipinski definition) is 2. The Kier molecular flexibility index (Phi) is 5.69. The minimum atomic E-state index is -0.804. The Balaban J connectivity index is 2.05. The van der Waals surface area contributed by atoms with Gasteiger partial charge < -0.3 is 9.84 Å². The van der Waals surface area contributed by atoms with E-state index >= 15 is 0 Å². The van der Waals surface area contributed by atoms with E-state index in [1.165, 1.54) is 25.7 Å². The van der Waals surface area contributed by atoms with Gasteiger partial charge in [-0.1, -0.05) is 25.8 Å². The van der Waals surface area contributed by atoms with Crippen LogP contribution in [-0.4, -0.2) is 24.3 Å². The van der Waals surface area contributed by atoms with Crippen LogP contribution in [0.3, 0.4) is 0 Å². The van der Waals surface area contributed by atoms with Gasteiger partial charge >= 0.3 is 5.97 Å². The molecule has 0 bridgehead atoms. The van der Waals surface area contributed by atoms with Gasteiger partial charge in [-0.2, -0.15) is 0 Å². The molecule has 98 valence electrons. The molecular formula is C14H24O3. The third kappa shape index (κ3) is 4.50. The topological polar surface area (TPSA) is 46.5 Å². The van der Waals surface area contributed by atoms with Crippen LogP contribution in [-0.2, 0) is 9.53 Å². The summed E-state index contributed by atoms with van der Waals surface area (Å²) in [5, 5.41) is 8.68. The first-order valence-electron chi connectivity index (χ1n) is 6.57. The van der Waals surface area contributed by atoms with Crippen molar-refractivity contribution in [1.29, 1.82) is 0 Å². The number of allylic oxidation sites excluding steroid dienone is 1. The zero-order valence-corrected chi connectivity index (χ0v) is 11.0. The van der Waals surface area contributed by atoms with E-state index in [1.807, 2.05) is 6.08 Å². The molecule has 1 aliphatic heterocycles. The highest BCUT2D eigenvalue weighted by atomic mass is 16.5. The lowest BCUT2D eigenvalue weighted by Gasteiger charge is -2.41. The highest BCUT2D eigenvalue weighted by molar-refractivity contribution is 5.85. The molecule has 0 saturated carbocycles. The Labute approximate surface area is 104 Å². The van der Waals surface area contributed by atoms with E-state index in [4.69, 9.17) is 9.84 Å². The predicted octanol–water partition coefficient (Wildman–Crippen LogP) is 3.39. The fourth-order valence-corrected chi connectivity index (χ4v) is 2.14. The van der Waals surface area contributed by atoms with E-state index in [0.29, 0.717) is 11.0 Å². The van der Waals surface area contributed by atoms with Crippen molar-refractivity contribution in [3.05, 3.63) is 11.6 Å². The van der Waals surface area contributed by atoms with Gasteiger partial charge in [0.2, 0.25) is 0 Å². The minimum Gasteiger partial charge on any atom is -0.478 e. The molecule has 0 amide bonds. The summed E-state index contributed by atoms with van der Waals surface area (Å²) in [6.45, 7) is 5.75. The van der Waals surface area contributed by atoms with Gasteiger partial charge in [-0.25, -0.2) is 4.79 Å². The number of carboxylic acids is 1. The van der Waals surface area contributed by atoms with Crippen molar-refractivity contribution < 1.29 is 14.6 Å². The standard InChI is InChI=1S/C14H24O3/c1-3-14(10-17-11-14)9-7-5-4-6-8-12(2)13(15)16/h8H,3-7,9-11H2,1-2H3,(H,15,16). The fourth-order valence-electron chi connectivity index (χ4n) is 2.14. The van der Waals surface area contributed by atoms with Crippen molar-refractivity contribution in [2.24, 2.45) is 5.41 Å². The summed E-state index contributed by atoms with van der Waals surface area (Å²) in [7, 11) is 0. The van der Waals surface area contributed by atoms with Gasteiger partial charge in [0, 0.05) is 11.0 Å². The van der Waals surface area contributed by atoms with E-state index in [1.54, 1.807) is 6.92 Å². The van der Waals surface area contributed by atoms with E-state index in [-0.39, 0.29) is 0 Å². The highest BCUT2D eigenvalue weighted by Gasteiger charge is 2.35. The van der Waals surface area contributed by atoms with Crippen molar-refractivity contribution in [3.8, 4) is 0 Å². The molecule has 0 aliphatic carbocycles. The number of carbonyl (C=O) groups is 1. The van der Waals surface area contributed by atoms with E-state index in [0.717, 1.165) is 26.1 Å². The lowest BCUT2D eigenvalue weighted by atomic mass is 9.78. The van der Waals surface area contributed by atoms with Crippen molar-refractivity contribution in [2.75, 3.05) is 13.2 Å². The normalized spacial score (nSPS) is 18.8. The Bertz CT molecular complexity index is 272. The monoisotopic (exact) mass is 240 g/mol. The molecule has 1 rings (SSSR count). The SMILES string of the molecule is CCC1(CCCCCC=C(C)C(=O)O)COC1. The second kappa shape index (κ2) is 6.80. The number of aliphatic carboxylic acids is 1. The lowest BCUT2D eigenvalue weighted by molar-refractivity contribution is -0.132. The summed E-state index contributed by atoms with van der Waals surface area (Å²) in [5.41, 5.74) is 0.926. The highest BCUT2D eigenvalue weighted by Crippen LogP contribution is 2.36. The van der Waals surface area contributed by atoms with Crippen molar-refractivity contribution in [1.82, 2.24) is 0 Å². The van der Waals surface area contributed by atoms with Crippen molar-refractivity contribution >= 4 is 5.97 Å². The lowest BCUT2D eigenvalue weighted by Crippen LogP contribution is -2.41. The summed E-state index contributed by atoms with van der Waals surface area (Å²) in [6.07, 6.45) is 8.68. The van der Waals surface area contributed by atoms with Gasteiger partial charge in [-0.15, -0.1) is 0 Å². The molecule has 0 radical (unpaired) electrons. The molecule has 3 heteroatoms. The molecule has 17 heavy (non-hydrogen) atoms. The summed E-state index contributed by atoms with van der Waals surface area (Å²) in [5.74, 6) is -0.804. The molecule has 1 N–H and O–H groups in total. The average Bonchev–Trinajstić information content (AvgIpc) is 2.25. The number of carboxylic acid groups (broad SMARTS) is 1. The smallest absolute Gasteiger partial charge is 0.330 e. The Morgan fingerprint density at radius 2 is 2.06 bits per heavy atom. The summed E-state index contributed by atoms with van der Waals surface area (Å²) >= 11 is 0. The first-order chi connectivity index (χ1) is 8.09. The molecule has 1 saturated heterocycles. The Hall–Kier alpha value is -0.830. The van der Waals surface area contributed by atoms with Crippen LogP contribution in [0.2, 0.25) is 0 Å². The van der Waals surface area contributed by atoms with Gasteiger partial charge in [-0.05, 0) is 32.6 Å². The van der Waals surface area contributed by atoms with Crippen LogP contribution in [0.25, 0.3) is 0 Å². The summed E-state index contributed by atoms with van der Waals surface area (Å²) < 4.78 is 5.29. The molecule has 0 unspecified atom stereocenters. The zero-order chi connectivity index (χ0) is 12.7. The van der Waals surface area contributed by atoms with Crippen molar-refractivity contribution in [3.63, 3.8) is 0 Å². The predicted molar refractivity (Wildman–Crippen MR) is 68.0 cm³/mol. The quantitative estimate of drug-likeness (QED) is 0.522. The molecule has 0 aromatic rings. The minimum absolute atomic E-state index is 0.461. The maximum Gasteiger partial charge on any atom is 0.330 e. The zero-order valence-electron chi connectivity index (χ0n) is 11.0. The number of ether oxygens (including phenoxy) is 1. The molecule has 1 heterocycles. The average molecular weight is 240 g/mol. The first-order valence-corrected chi connectivity index (χ1v) is 6.57. The van der Waals surface area contributed by atoms with Gasteiger partial charge in [0.15, 0.2) is 0 Å². The van der Waals surface area contributed by atoms with E-state index in [2.05, 4.69) is 6.92 Å². The van der Waals surface area contributed by atoms with Crippen molar-refractivity contribution in [2.45, 2.75) is 52.4 Å². The number of rotatable bonds is 8. The molecule has 0 aromatic heterocycles. The van der Waals surface area contributed by atoms with Crippen LogP contribution >= 0.6 is 0 Å². The molecule has 0 spiro atoms. The van der Waals surface area contributed by atoms with Gasteiger partial charge in [0.05, 0.1) is 13.2 Å². The Morgan fingerprint density at radius 3 is 2.53 bits per heavy atom. The van der Waals surface area contributed by atoms with Gasteiger partial charge in [0.1, 0.15) is 0 Å². The number of hydrogen-bond donors (Lipinski definition) is 1. The van der Waals surface area contributed by atoms with E-state index < -0.39 is 5.97 Å². The molecule has 1 fully saturated rings. The molecule has 0 aromatic carbocycles. The first kappa shape index (κ1) is 14.2. The third-order valence-corrected chi connectivity index (χ3v) is 3.77. The second-order valence-corrected chi connectivity index (χ2v) is 5.14. The van der Waals surface area contributed by atoms with E-state index in [9.17, 15) is 4.79 Å². The molecular weight excluding hydrogens is 216 g/mol. The molecule has 0 atom stereocenters.